The van der Waals surface area contributed by atoms with Crippen LogP contribution in [0.2, 0.25) is 0 Å². The topological polar surface area (TPSA) is 60.9 Å². The lowest BCUT2D eigenvalue weighted by Crippen LogP contribution is -2.47. The van der Waals surface area contributed by atoms with Gasteiger partial charge in [0, 0.05) is 19.1 Å². The van der Waals surface area contributed by atoms with Crippen LogP contribution in [0.25, 0.3) is 0 Å². The van der Waals surface area contributed by atoms with E-state index in [1.807, 2.05) is 24.0 Å². The summed E-state index contributed by atoms with van der Waals surface area (Å²) in [4.78, 5) is 28.2. The number of hydrogen-bond donors (Lipinski definition) is 1. The molecule has 0 bridgehead atoms. The fourth-order valence-electron chi connectivity index (χ4n) is 3.27. The molecule has 1 N–H and O–H groups in total. The second-order valence-electron chi connectivity index (χ2n) is 5.99. The van der Waals surface area contributed by atoms with E-state index in [1.54, 1.807) is 0 Å². The lowest BCUT2D eigenvalue weighted by atomic mass is 9.82. The number of nitrogens with zero attached hydrogens (tertiary/aromatic N) is 2. The highest BCUT2D eigenvalue weighted by molar-refractivity contribution is 5.85. The number of carboxylic acids is 1. The van der Waals surface area contributed by atoms with Crippen LogP contribution in [0.1, 0.15) is 26.2 Å². The third-order valence-corrected chi connectivity index (χ3v) is 4.40. The molecule has 1 amide bonds. The van der Waals surface area contributed by atoms with E-state index in [9.17, 15) is 14.7 Å². The second kappa shape index (κ2) is 6.39. The van der Waals surface area contributed by atoms with Crippen LogP contribution in [0.15, 0.2) is 12.2 Å². The van der Waals surface area contributed by atoms with Gasteiger partial charge in [0.15, 0.2) is 0 Å². The largest absolute Gasteiger partial charge is 0.481 e. The summed E-state index contributed by atoms with van der Waals surface area (Å²) < 4.78 is 0. The van der Waals surface area contributed by atoms with Gasteiger partial charge in [-0.3, -0.25) is 9.59 Å². The molecule has 5 nitrogen and oxygen atoms in total. The monoisotopic (exact) mass is 280 g/mol. The van der Waals surface area contributed by atoms with Crippen LogP contribution in [0.5, 0.6) is 0 Å². The molecule has 1 heterocycles. The molecule has 0 aromatic rings. The predicted molar refractivity (Wildman–Crippen MR) is 76.3 cm³/mol. The first-order valence-electron chi connectivity index (χ1n) is 7.37. The molecule has 112 valence electrons. The molecular weight excluding hydrogens is 256 g/mol. The number of hydrogen-bond acceptors (Lipinski definition) is 3. The van der Waals surface area contributed by atoms with Gasteiger partial charge < -0.3 is 14.9 Å². The Labute approximate surface area is 120 Å². The van der Waals surface area contributed by atoms with Gasteiger partial charge in [0.2, 0.25) is 5.91 Å². The molecule has 1 aliphatic carbocycles. The van der Waals surface area contributed by atoms with Crippen molar-refractivity contribution in [3.8, 4) is 0 Å². The minimum absolute atomic E-state index is 0.0181. The van der Waals surface area contributed by atoms with Gasteiger partial charge in [0.05, 0.1) is 11.8 Å². The van der Waals surface area contributed by atoms with Gasteiger partial charge in [-0.15, -0.1) is 0 Å². The van der Waals surface area contributed by atoms with Crippen molar-refractivity contribution in [3.63, 3.8) is 0 Å². The van der Waals surface area contributed by atoms with Crippen molar-refractivity contribution in [2.75, 3.05) is 26.7 Å². The van der Waals surface area contributed by atoms with E-state index in [-0.39, 0.29) is 11.9 Å². The van der Waals surface area contributed by atoms with E-state index in [2.05, 4.69) is 11.9 Å². The number of carboxylic acid groups (broad SMARTS) is 1. The van der Waals surface area contributed by atoms with Crippen molar-refractivity contribution in [3.05, 3.63) is 12.2 Å². The number of likely N-dealkylation sites (N-methyl/N-ethyl adjacent to an activating group) is 1. The minimum atomic E-state index is -0.854. The lowest BCUT2D eigenvalue weighted by molar-refractivity contribution is -0.151. The number of amides is 1. The van der Waals surface area contributed by atoms with Crippen molar-refractivity contribution in [2.24, 2.45) is 11.8 Å². The quantitative estimate of drug-likeness (QED) is 0.772. The molecule has 2 aliphatic rings. The number of rotatable bonds is 2. The van der Waals surface area contributed by atoms with Crippen molar-refractivity contribution >= 4 is 11.9 Å². The van der Waals surface area contributed by atoms with Gasteiger partial charge in [-0.2, -0.15) is 0 Å². The number of allylic oxidation sites excluding steroid dienone is 2. The summed E-state index contributed by atoms with van der Waals surface area (Å²) in [6.45, 7) is 4.62. The second-order valence-corrected chi connectivity index (χ2v) is 5.99. The summed E-state index contributed by atoms with van der Waals surface area (Å²) in [6.07, 6.45) is 5.79. The molecule has 5 heteroatoms. The summed E-state index contributed by atoms with van der Waals surface area (Å²) in [6, 6.07) is 0.148. The zero-order valence-electron chi connectivity index (χ0n) is 12.3. The highest BCUT2D eigenvalue weighted by atomic mass is 16.4. The molecule has 0 spiro atoms. The van der Waals surface area contributed by atoms with E-state index in [4.69, 9.17) is 0 Å². The van der Waals surface area contributed by atoms with Gasteiger partial charge >= 0.3 is 5.97 Å². The molecular formula is C15H24N2O3. The van der Waals surface area contributed by atoms with Gasteiger partial charge in [-0.1, -0.05) is 12.2 Å². The van der Waals surface area contributed by atoms with Crippen LogP contribution in [-0.4, -0.2) is 59.5 Å². The Bertz CT molecular complexity index is 408. The molecule has 1 saturated heterocycles. The third kappa shape index (κ3) is 3.20. The molecule has 1 fully saturated rings. The highest BCUT2D eigenvalue weighted by Gasteiger charge is 2.38. The smallest absolute Gasteiger partial charge is 0.307 e. The van der Waals surface area contributed by atoms with E-state index in [1.165, 1.54) is 0 Å². The molecule has 0 aromatic carbocycles. The summed E-state index contributed by atoms with van der Waals surface area (Å²) >= 11 is 0. The Morgan fingerprint density at radius 1 is 1.15 bits per heavy atom. The zero-order valence-corrected chi connectivity index (χ0v) is 12.3. The van der Waals surface area contributed by atoms with Crippen LogP contribution in [0.4, 0.5) is 0 Å². The summed E-state index contributed by atoms with van der Waals surface area (Å²) in [5.41, 5.74) is 0. The number of aliphatic carboxylic acids is 1. The maximum atomic E-state index is 12.7. The van der Waals surface area contributed by atoms with E-state index in [0.717, 1.165) is 26.1 Å². The van der Waals surface area contributed by atoms with E-state index >= 15 is 0 Å². The van der Waals surface area contributed by atoms with Crippen molar-refractivity contribution in [1.29, 1.82) is 0 Å². The maximum absolute atomic E-state index is 12.7. The first-order chi connectivity index (χ1) is 9.50. The fraction of sp³-hybridized carbons (Fsp3) is 0.733. The van der Waals surface area contributed by atoms with Gasteiger partial charge in [-0.25, -0.2) is 0 Å². The summed E-state index contributed by atoms with van der Waals surface area (Å²) in [5, 5.41) is 9.31. The Hall–Kier alpha value is -1.36. The van der Waals surface area contributed by atoms with Crippen molar-refractivity contribution < 1.29 is 14.7 Å². The van der Waals surface area contributed by atoms with E-state index < -0.39 is 17.8 Å². The predicted octanol–water partition coefficient (Wildman–Crippen LogP) is 1.21. The van der Waals surface area contributed by atoms with Crippen LogP contribution < -0.4 is 0 Å². The van der Waals surface area contributed by atoms with E-state index in [0.29, 0.717) is 12.8 Å². The van der Waals surface area contributed by atoms with Gasteiger partial charge in [0.25, 0.3) is 0 Å². The SMILES string of the molecule is CC1CN(C)CCCN1C(=O)[C@@H]1CC=CC[C@@H]1C(=O)O. The molecule has 2 rings (SSSR count). The third-order valence-electron chi connectivity index (χ3n) is 4.40. The zero-order chi connectivity index (χ0) is 14.7. The Kier molecular flexibility index (Phi) is 4.81. The molecule has 0 aromatic heterocycles. The average Bonchev–Trinajstić information content (AvgIpc) is 2.58. The first kappa shape index (κ1) is 15.0. The Morgan fingerprint density at radius 2 is 1.80 bits per heavy atom. The van der Waals surface area contributed by atoms with Gasteiger partial charge in [-0.05, 0) is 39.8 Å². The molecule has 3 atom stereocenters. The van der Waals surface area contributed by atoms with Crippen LogP contribution in [0, 0.1) is 11.8 Å². The molecule has 0 saturated carbocycles. The number of carbonyl (C=O) groups excluding carboxylic acids is 1. The molecule has 1 aliphatic heterocycles. The maximum Gasteiger partial charge on any atom is 0.307 e. The lowest BCUT2D eigenvalue weighted by Gasteiger charge is -2.34. The number of carbonyl (C=O) groups is 2. The van der Waals surface area contributed by atoms with Gasteiger partial charge in [0.1, 0.15) is 0 Å². The summed E-state index contributed by atoms with van der Waals surface area (Å²) in [5.74, 6) is -1.80. The standard InChI is InChI=1S/C15H24N2O3/c1-11-10-16(2)8-5-9-17(11)14(18)12-6-3-4-7-13(12)15(19)20/h3-4,11-13H,5-10H2,1-2H3,(H,19,20)/t11?,12-,13+/m1/s1. The first-order valence-corrected chi connectivity index (χ1v) is 7.37. The Balaban J connectivity index is 2.12. The highest BCUT2D eigenvalue weighted by Crippen LogP contribution is 2.28. The average molecular weight is 280 g/mol. The Morgan fingerprint density at radius 3 is 2.45 bits per heavy atom. The fourth-order valence-corrected chi connectivity index (χ4v) is 3.27. The normalized spacial score (nSPS) is 31.9. The van der Waals surface area contributed by atoms with Crippen LogP contribution >= 0.6 is 0 Å². The van der Waals surface area contributed by atoms with Crippen LogP contribution in [-0.2, 0) is 9.59 Å². The van der Waals surface area contributed by atoms with Crippen molar-refractivity contribution in [2.45, 2.75) is 32.2 Å². The molecule has 1 unspecified atom stereocenters. The molecule has 0 radical (unpaired) electrons. The van der Waals surface area contributed by atoms with Crippen LogP contribution in [0.3, 0.4) is 0 Å². The van der Waals surface area contributed by atoms with Crippen molar-refractivity contribution in [1.82, 2.24) is 9.80 Å². The summed E-state index contributed by atoms with van der Waals surface area (Å²) in [7, 11) is 2.06. The minimum Gasteiger partial charge on any atom is -0.481 e. The molecule has 20 heavy (non-hydrogen) atoms.